The number of carbonyl (C=O) groups is 1. The molecular weight excluding hydrogens is 348 g/mol. The SMILES string of the molecule is COc1ccc([N+](=O)[O-])cc1NC(=O)CSc1nc2ncccn2n1. The molecule has 128 valence electrons. The Bertz CT molecular complexity index is 911. The molecule has 1 aromatic carbocycles. The molecule has 0 saturated heterocycles. The molecule has 0 saturated carbocycles. The van der Waals surface area contributed by atoms with Gasteiger partial charge in [-0.25, -0.2) is 9.50 Å². The zero-order valence-electron chi connectivity index (χ0n) is 12.9. The topological polar surface area (TPSA) is 125 Å². The minimum absolute atomic E-state index is 0.0305. The maximum absolute atomic E-state index is 12.1. The second-order valence-electron chi connectivity index (χ2n) is 4.74. The zero-order chi connectivity index (χ0) is 17.8. The molecule has 25 heavy (non-hydrogen) atoms. The fourth-order valence-electron chi connectivity index (χ4n) is 2.00. The highest BCUT2D eigenvalue weighted by atomic mass is 32.2. The van der Waals surface area contributed by atoms with E-state index in [1.807, 2.05) is 0 Å². The van der Waals surface area contributed by atoms with Gasteiger partial charge in [-0.05, 0) is 12.1 Å². The lowest BCUT2D eigenvalue weighted by Crippen LogP contribution is -2.15. The van der Waals surface area contributed by atoms with Crippen molar-refractivity contribution < 1.29 is 14.5 Å². The molecule has 0 unspecified atom stereocenters. The molecule has 10 nitrogen and oxygen atoms in total. The number of ether oxygens (including phenoxy) is 1. The first-order valence-electron chi connectivity index (χ1n) is 6.99. The first-order chi connectivity index (χ1) is 12.1. The van der Waals surface area contributed by atoms with Crippen molar-refractivity contribution in [3.8, 4) is 5.75 Å². The summed E-state index contributed by atoms with van der Waals surface area (Å²) in [6.07, 6.45) is 3.30. The maximum atomic E-state index is 12.1. The van der Waals surface area contributed by atoms with E-state index in [9.17, 15) is 14.9 Å². The van der Waals surface area contributed by atoms with Crippen LogP contribution in [-0.2, 0) is 4.79 Å². The van der Waals surface area contributed by atoms with Crippen molar-refractivity contribution in [3.63, 3.8) is 0 Å². The van der Waals surface area contributed by atoms with Gasteiger partial charge in [0.25, 0.3) is 11.5 Å². The number of amides is 1. The normalized spacial score (nSPS) is 10.6. The Labute approximate surface area is 145 Å². The van der Waals surface area contributed by atoms with Crippen LogP contribution in [0.4, 0.5) is 11.4 Å². The van der Waals surface area contributed by atoms with Crippen molar-refractivity contribution in [2.45, 2.75) is 5.16 Å². The lowest BCUT2D eigenvalue weighted by atomic mass is 10.2. The monoisotopic (exact) mass is 360 g/mol. The number of nitrogens with zero attached hydrogens (tertiary/aromatic N) is 5. The number of hydrogen-bond donors (Lipinski definition) is 1. The number of thioether (sulfide) groups is 1. The van der Waals surface area contributed by atoms with Crippen LogP contribution >= 0.6 is 11.8 Å². The van der Waals surface area contributed by atoms with Crippen molar-refractivity contribution >= 4 is 34.8 Å². The molecule has 0 aliphatic heterocycles. The van der Waals surface area contributed by atoms with Crippen molar-refractivity contribution in [1.82, 2.24) is 19.6 Å². The van der Waals surface area contributed by atoms with E-state index < -0.39 is 4.92 Å². The summed E-state index contributed by atoms with van der Waals surface area (Å²) in [4.78, 5) is 30.6. The van der Waals surface area contributed by atoms with Gasteiger partial charge in [0.1, 0.15) is 5.75 Å². The summed E-state index contributed by atoms with van der Waals surface area (Å²) in [6, 6.07) is 5.69. The highest BCUT2D eigenvalue weighted by molar-refractivity contribution is 7.99. The third kappa shape index (κ3) is 3.83. The van der Waals surface area contributed by atoms with E-state index in [2.05, 4.69) is 20.4 Å². The molecule has 0 radical (unpaired) electrons. The van der Waals surface area contributed by atoms with Gasteiger partial charge in [-0.3, -0.25) is 14.9 Å². The molecule has 1 N–H and O–H groups in total. The Hall–Kier alpha value is -3.21. The predicted octanol–water partition coefficient (Wildman–Crippen LogP) is 1.77. The Morgan fingerprint density at radius 1 is 1.48 bits per heavy atom. The highest BCUT2D eigenvalue weighted by Crippen LogP contribution is 2.29. The van der Waals surface area contributed by atoms with E-state index in [0.717, 1.165) is 11.8 Å². The molecule has 2 aromatic heterocycles. The number of fused-ring (bicyclic) bond motifs is 1. The first-order valence-corrected chi connectivity index (χ1v) is 7.98. The Balaban J connectivity index is 1.67. The van der Waals surface area contributed by atoms with Gasteiger partial charge in [0.15, 0.2) is 0 Å². The number of carbonyl (C=O) groups excluding carboxylic acids is 1. The van der Waals surface area contributed by atoms with Gasteiger partial charge in [-0.15, -0.1) is 5.10 Å². The van der Waals surface area contributed by atoms with Crippen LogP contribution in [0.5, 0.6) is 5.75 Å². The molecule has 11 heteroatoms. The largest absolute Gasteiger partial charge is 0.495 e. The molecule has 0 spiro atoms. The van der Waals surface area contributed by atoms with Gasteiger partial charge in [-0.2, -0.15) is 4.98 Å². The second-order valence-corrected chi connectivity index (χ2v) is 5.68. The number of nitrogens with one attached hydrogen (secondary N) is 1. The number of non-ortho nitro benzene ring substituents is 1. The maximum Gasteiger partial charge on any atom is 0.271 e. The summed E-state index contributed by atoms with van der Waals surface area (Å²) in [7, 11) is 1.42. The summed E-state index contributed by atoms with van der Waals surface area (Å²) in [6.45, 7) is 0. The standard InChI is InChI=1S/C14H12N6O4S/c1-24-11-4-3-9(20(22)23)7-10(11)16-12(21)8-25-14-17-13-15-5-2-6-19(13)18-14/h2-7H,8H2,1H3,(H,16,21). The number of nitro groups is 1. The number of benzene rings is 1. The minimum atomic E-state index is -0.544. The van der Waals surface area contributed by atoms with Gasteiger partial charge in [0.2, 0.25) is 11.1 Å². The van der Waals surface area contributed by atoms with Crippen LogP contribution in [0, 0.1) is 10.1 Å². The summed E-state index contributed by atoms with van der Waals surface area (Å²) < 4.78 is 6.61. The fraction of sp³-hybridized carbons (Fsp3) is 0.143. The molecule has 3 rings (SSSR count). The van der Waals surface area contributed by atoms with Crippen molar-refractivity contribution in [3.05, 3.63) is 46.8 Å². The van der Waals surface area contributed by atoms with Crippen LogP contribution in [0.3, 0.4) is 0 Å². The van der Waals surface area contributed by atoms with Crippen LogP contribution in [0.25, 0.3) is 5.78 Å². The molecule has 0 atom stereocenters. The smallest absolute Gasteiger partial charge is 0.271 e. The van der Waals surface area contributed by atoms with E-state index in [0.29, 0.717) is 16.7 Å². The number of aromatic nitrogens is 4. The van der Waals surface area contributed by atoms with Crippen LogP contribution in [-0.4, -0.2) is 43.3 Å². The number of anilines is 1. The highest BCUT2D eigenvalue weighted by Gasteiger charge is 2.14. The van der Waals surface area contributed by atoms with E-state index in [-0.39, 0.29) is 23.0 Å². The van der Waals surface area contributed by atoms with Gasteiger partial charge in [0.05, 0.1) is 23.5 Å². The lowest BCUT2D eigenvalue weighted by Gasteiger charge is -2.09. The van der Waals surface area contributed by atoms with Crippen LogP contribution in [0.2, 0.25) is 0 Å². The third-order valence-electron chi connectivity index (χ3n) is 3.10. The molecule has 3 aromatic rings. The van der Waals surface area contributed by atoms with E-state index in [1.165, 1.54) is 29.8 Å². The molecule has 2 heterocycles. The summed E-state index contributed by atoms with van der Waals surface area (Å²) in [5.74, 6) is 0.434. The average Bonchev–Trinajstić information content (AvgIpc) is 3.03. The quantitative estimate of drug-likeness (QED) is 0.400. The van der Waals surface area contributed by atoms with Gasteiger partial charge >= 0.3 is 0 Å². The molecule has 0 bridgehead atoms. The average molecular weight is 360 g/mol. The van der Waals surface area contributed by atoms with Crippen molar-refractivity contribution in [1.29, 1.82) is 0 Å². The van der Waals surface area contributed by atoms with Crippen molar-refractivity contribution in [2.75, 3.05) is 18.2 Å². The zero-order valence-corrected chi connectivity index (χ0v) is 13.8. The molecule has 0 aliphatic rings. The van der Waals surface area contributed by atoms with Crippen molar-refractivity contribution in [2.24, 2.45) is 0 Å². The Kier molecular flexibility index (Phi) is 4.75. The molecular formula is C14H12N6O4S. The predicted molar refractivity (Wildman–Crippen MR) is 89.8 cm³/mol. The lowest BCUT2D eigenvalue weighted by molar-refractivity contribution is -0.384. The van der Waals surface area contributed by atoms with E-state index >= 15 is 0 Å². The molecule has 1 amide bonds. The van der Waals surface area contributed by atoms with Gasteiger partial charge in [0, 0.05) is 24.5 Å². The number of hydrogen-bond acceptors (Lipinski definition) is 8. The number of methoxy groups -OCH3 is 1. The van der Waals surface area contributed by atoms with Crippen LogP contribution in [0.15, 0.2) is 41.8 Å². The molecule has 0 fully saturated rings. The van der Waals surface area contributed by atoms with Crippen LogP contribution < -0.4 is 10.1 Å². The second kappa shape index (κ2) is 7.13. The fourth-order valence-corrected chi connectivity index (χ4v) is 2.62. The summed E-state index contributed by atoms with van der Waals surface area (Å²) >= 11 is 1.13. The Morgan fingerprint density at radius 2 is 2.32 bits per heavy atom. The third-order valence-corrected chi connectivity index (χ3v) is 3.94. The van der Waals surface area contributed by atoms with E-state index in [4.69, 9.17) is 4.74 Å². The minimum Gasteiger partial charge on any atom is -0.495 e. The first kappa shape index (κ1) is 16.6. The van der Waals surface area contributed by atoms with E-state index in [1.54, 1.807) is 18.5 Å². The summed E-state index contributed by atoms with van der Waals surface area (Å²) in [5.41, 5.74) is 0.0868. The Morgan fingerprint density at radius 3 is 3.04 bits per heavy atom. The number of rotatable bonds is 6. The van der Waals surface area contributed by atoms with Crippen LogP contribution in [0.1, 0.15) is 0 Å². The summed E-state index contributed by atoms with van der Waals surface area (Å²) in [5, 5.41) is 18.0. The van der Waals surface area contributed by atoms with Gasteiger partial charge < -0.3 is 10.1 Å². The van der Waals surface area contributed by atoms with Gasteiger partial charge in [-0.1, -0.05) is 11.8 Å². The molecule has 0 aliphatic carbocycles. The number of nitro benzene ring substituents is 1.